The highest BCUT2D eigenvalue weighted by molar-refractivity contribution is 5.84. The van der Waals surface area contributed by atoms with E-state index in [1.165, 1.54) is 0 Å². The molecule has 1 heterocycles. The van der Waals surface area contributed by atoms with Gasteiger partial charge in [-0.2, -0.15) is 0 Å². The first-order valence-corrected chi connectivity index (χ1v) is 4.13. The van der Waals surface area contributed by atoms with Gasteiger partial charge < -0.3 is 25.2 Å². The predicted octanol–water partition coefficient (Wildman–Crippen LogP) is -1.54. The van der Waals surface area contributed by atoms with Gasteiger partial charge in [-0.1, -0.05) is 0 Å². The molecule has 1 aliphatic heterocycles. The van der Waals surface area contributed by atoms with Gasteiger partial charge in [0.05, 0.1) is 12.7 Å². The largest absolute Gasteiger partial charge is 0.480 e. The first-order chi connectivity index (χ1) is 6.54. The van der Waals surface area contributed by atoms with E-state index < -0.39 is 36.6 Å². The molecule has 0 aromatic carbocycles. The molecule has 0 radical (unpaired) electrons. The number of carboxylic acids is 1. The average molecular weight is 204 g/mol. The van der Waals surface area contributed by atoms with E-state index in [2.05, 4.69) is 0 Å². The van der Waals surface area contributed by atoms with Crippen molar-refractivity contribution in [1.29, 1.82) is 0 Å². The Morgan fingerprint density at radius 3 is 2.86 bits per heavy atom. The predicted molar refractivity (Wildman–Crippen MR) is 44.3 cm³/mol. The minimum atomic E-state index is -1.31. The lowest BCUT2D eigenvalue weighted by Crippen LogP contribution is -2.38. The lowest BCUT2D eigenvalue weighted by molar-refractivity contribution is -0.142. The van der Waals surface area contributed by atoms with E-state index in [0.717, 1.165) is 6.08 Å². The normalized spacial score (nSPS) is 28.9. The third-order valence-corrected chi connectivity index (χ3v) is 1.92. The molecule has 6 nitrogen and oxygen atoms in total. The number of aliphatic hydroxyl groups is 3. The third kappa shape index (κ3) is 2.44. The Morgan fingerprint density at radius 1 is 1.71 bits per heavy atom. The number of hydrogen-bond acceptors (Lipinski definition) is 5. The van der Waals surface area contributed by atoms with Crippen molar-refractivity contribution in [2.75, 3.05) is 6.61 Å². The Kier molecular flexibility index (Phi) is 3.45. The molecule has 0 saturated heterocycles. The molecule has 6 heteroatoms. The summed E-state index contributed by atoms with van der Waals surface area (Å²) in [7, 11) is 0. The van der Waals surface area contributed by atoms with Crippen LogP contribution >= 0.6 is 0 Å². The summed E-state index contributed by atoms with van der Waals surface area (Å²) in [4.78, 5) is 10.5. The van der Waals surface area contributed by atoms with E-state index in [1.54, 1.807) is 0 Å². The van der Waals surface area contributed by atoms with Gasteiger partial charge in [0, 0.05) is 6.42 Å². The standard InChI is InChI=1S/C8H12O6/c9-3-5(11)6-1-4(10)2-7(14-6)8(12)13/h2,4-6,9-11H,1,3H2,(H,12,13)/t4-,5-,6+/m1/s1. The first-order valence-electron chi connectivity index (χ1n) is 4.13. The molecule has 0 fully saturated rings. The van der Waals surface area contributed by atoms with Crippen molar-refractivity contribution in [2.45, 2.75) is 24.7 Å². The molecule has 0 saturated carbocycles. The maximum Gasteiger partial charge on any atom is 0.370 e. The minimum absolute atomic E-state index is 0.0680. The van der Waals surface area contributed by atoms with Crippen LogP contribution in [-0.2, 0) is 9.53 Å². The zero-order valence-corrected chi connectivity index (χ0v) is 7.33. The van der Waals surface area contributed by atoms with Gasteiger partial charge in [0.2, 0.25) is 5.76 Å². The topological polar surface area (TPSA) is 107 Å². The molecule has 3 atom stereocenters. The summed E-state index contributed by atoms with van der Waals surface area (Å²) in [6, 6.07) is 0. The van der Waals surface area contributed by atoms with Gasteiger partial charge in [-0.25, -0.2) is 4.79 Å². The molecule has 0 aromatic rings. The Morgan fingerprint density at radius 2 is 2.36 bits per heavy atom. The summed E-state index contributed by atoms with van der Waals surface area (Å²) >= 11 is 0. The van der Waals surface area contributed by atoms with E-state index in [4.69, 9.17) is 14.9 Å². The van der Waals surface area contributed by atoms with E-state index in [1.807, 2.05) is 0 Å². The van der Waals surface area contributed by atoms with Crippen LogP contribution in [0.3, 0.4) is 0 Å². The molecule has 1 rings (SSSR count). The fourth-order valence-electron chi connectivity index (χ4n) is 1.21. The van der Waals surface area contributed by atoms with Crippen molar-refractivity contribution >= 4 is 5.97 Å². The van der Waals surface area contributed by atoms with Crippen LogP contribution in [0, 0.1) is 0 Å². The zero-order valence-electron chi connectivity index (χ0n) is 7.33. The van der Waals surface area contributed by atoms with Gasteiger partial charge in [0.25, 0.3) is 0 Å². The average Bonchev–Trinajstić information content (AvgIpc) is 2.15. The van der Waals surface area contributed by atoms with Crippen molar-refractivity contribution in [3.63, 3.8) is 0 Å². The fraction of sp³-hybridized carbons (Fsp3) is 0.625. The number of hydrogen-bond donors (Lipinski definition) is 4. The molecular weight excluding hydrogens is 192 g/mol. The molecule has 4 N–H and O–H groups in total. The van der Waals surface area contributed by atoms with E-state index >= 15 is 0 Å². The second-order valence-electron chi connectivity index (χ2n) is 3.05. The molecule has 0 bridgehead atoms. The summed E-state index contributed by atoms with van der Waals surface area (Å²) in [6.07, 6.45) is -1.92. The number of rotatable bonds is 3. The van der Waals surface area contributed by atoms with E-state index in [9.17, 15) is 15.0 Å². The highest BCUT2D eigenvalue weighted by Gasteiger charge is 2.30. The van der Waals surface area contributed by atoms with Crippen LogP contribution in [-0.4, -0.2) is 51.3 Å². The number of carboxylic acid groups (broad SMARTS) is 1. The second-order valence-corrected chi connectivity index (χ2v) is 3.05. The van der Waals surface area contributed by atoms with Crippen molar-refractivity contribution in [2.24, 2.45) is 0 Å². The number of aliphatic carboxylic acids is 1. The van der Waals surface area contributed by atoms with E-state index in [0.29, 0.717) is 0 Å². The van der Waals surface area contributed by atoms with Crippen molar-refractivity contribution < 1.29 is 30.0 Å². The van der Waals surface area contributed by atoms with Crippen LogP contribution in [0.2, 0.25) is 0 Å². The number of carbonyl (C=O) groups is 1. The lowest BCUT2D eigenvalue weighted by atomic mass is 10.0. The van der Waals surface area contributed by atoms with Gasteiger partial charge >= 0.3 is 5.97 Å². The van der Waals surface area contributed by atoms with Crippen LogP contribution in [0.1, 0.15) is 6.42 Å². The molecule has 0 amide bonds. The summed E-state index contributed by atoms with van der Waals surface area (Å²) < 4.78 is 4.86. The molecule has 80 valence electrons. The molecule has 0 aliphatic carbocycles. The molecular formula is C8H12O6. The maximum atomic E-state index is 10.5. The van der Waals surface area contributed by atoms with Gasteiger partial charge in [0.1, 0.15) is 12.2 Å². The number of aliphatic hydroxyl groups excluding tert-OH is 3. The van der Waals surface area contributed by atoms with E-state index in [-0.39, 0.29) is 6.42 Å². The molecule has 0 unspecified atom stereocenters. The summed E-state index contributed by atoms with van der Waals surface area (Å²) in [5.74, 6) is -1.71. The quantitative estimate of drug-likeness (QED) is 0.443. The SMILES string of the molecule is O=C(O)C1=C[C@H](O)C[C@@H]([C@H](O)CO)O1. The van der Waals surface area contributed by atoms with Crippen LogP contribution in [0.4, 0.5) is 0 Å². The summed E-state index contributed by atoms with van der Waals surface area (Å²) in [5, 5.41) is 35.6. The highest BCUT2D eigenvalue weighted by atomic mass is 16.5. The van der Waals surface area contributed by atoms with Gasteiger partial charge in [-0.05, 0) is 6.08 Å². The lowest BCUT2D eigenvalue weighted by Gasteiger charge is -2.28. The van der Waals surface area contributed by atoms with Crippen molar-refractivity contribution in [3.05, 3.63) is 11.8 Å². The fourth-order valence-corrected chi connectivity index (χ4v) is 1.21. The smallest absolute Gasteiger partial charge is 0.370 e. The Labute approximate surface area is 80.1 Å². The van der Waals surface area contributed by atoms with Crippen LogP contribution in [0.5, 0.6) is 0 Å². The first kappa shape index (κ1) is 11.0. The summed E-state index contributed by atoms with van der Waals surface area (Å²) in [5.41, 5.74) is 0. The molecule has 14 heavy (non-hydrogen) atoms. The minimum Gasteiger partial charge on any atom is -0.480 e. The van der Waals surface area contributed by atoms with Gasteiger partial charge in [0.15, 0.2) is 0 Å². The highest BCUT2D eigenvalue weighted by Crippen LogP contribution is 2.20. The van der Waals surface area contributed by atoms with Crippen LogP contribution in [0.25, 0.3) is 0 Å². The Balaban J connectivity index is 2.70. The molecule has 0 aromatic heterocycles. The monoisotopic (exact) mass is 204 g/mol. The molecule has 0 spiro atoms. The van der Waals surface area contributed by atoms with Crippen LogP contribution < -0.4 is 0 Å². The molecule has 1 aliphatic rings. The van der Waals surface area contributed by atoms with Crippen LogP contribution in [0.15, 0.2) is 11.8 Å². The number of ether oxygens (including phenoxy) is 1. The van der Waals surface area contributed by atoms with Gasteiger partial charge in [-0.15, -0.1) is 0 Å². The van der Waals surface area contributed by atoms with Crippen molar-refractivity contribution in [3.8, 4) is 0 Å². The second kappa shape index (κ2) is 4.41. The van der Waals surface area contributed by atoms with Gasteiger partial charge in [-0.3, -0.25) is 0 Å². The van der Waals surface area contributed by atoms with Crippen molar-refractivity contribution in [1.82, 2.24) is 0 Å². The summed E-state index contributed by atoms with van der Waals surface area (Å²) in [6.45, 7) is -0.537. The Hall–Kier alpha value is -1.11. The third-order valence-electron chi connectivity index (χ3n) is 1.92. The Bertz CT molecular complexity index is 248. The zero-order chi connectivity index (χ0) is 10.7. The maximum absolute atomic E-state index is 10.5.